The number of benzene rings is 4. The molecule has 0 saturated carbocycles. The lowest BCUT2D eigenvalue weighted by Gasteiger charge is -2.53. The van der Waals surface area contributed by atoms with E-state index in [-0.39, 0.29) is 28.7 Å². The summed E-state index contributed by atoms with van der Waals surface area (Å²) in [5, 5.41) is 13.8. The van der Waals surface area contributed by atoms with Crippen molar-refractivity contribution >= 4 is 11.4 Å². The second-order valence-corrected chi connectivity index (χ2v) is 11.4. The molecular weight excluding hydrogens is 561 g/mol. The van der Waals surface area contributed by atoms with Crippen molar-refractivity contribution in [1.29, 1.82) is 0 Å². The lowest BCUT2D eigenvalue weighted by molar-refractivity contribution is 0.155. The van der Waals surface area contributed by atoms with Crippen LogP contribution in [-0.2, 0) is 12.0 Å². The number of phenols is 1. The van der Waals surface area contributed by atoms with Crippen LogP contribution in [0.25, 0.3) is 0 Å². The summed E-state index contributed by atoms with van der Waals surface area (Å²) in [7, 11) is 0. The summed E-state index contributed by atoms with van der Waals surface area (Å²) < 4.78 is 75.6. The van der Waals surface area contributed by atoms with E-state index in [0.717, 1.165) is 17.7 Å². The van der Waals surface area contributed by atoms with E-state index in [1.807, 2.05) is 19.1 Å². The second-order valence-electron chi connectivity index (χ2n) is 11.4. The first-order valence-electron chi connectivity index (χ1n) is 14.4. The molecule has 2 aliphatic rings. The van der Waals surface area contributed by atoms with Crippen LogP contribution < -0.4 is 10.2 Å². The molecule has 0 spiro atoms. The van der Waals surface area contributed by atoms with E-state index in [0.29, 0.717) is 43.6 Å². The van der Waals surface area contributed by atoms with Crippen molar-refractivity contribution in [1.82, 2.24) is 4.90 Å². The summed E-state index contributed by atoms with van der Waals surface area (Å²) in [5.41, 5.74) is -0.268. The Bertz CT molecular complexity index is 1620. The van der Waals surface area contributed by atoms with Crippen molar-refractivity contribution < 1.29 is 27.1 Å². The van der Waals surface area contributed by atoms with Crippen LogP contribution in [0.2, 0.25) is 0 Å². The van der Waals surface area contributed by atoms with Gasteiger partial charge in [-0.15, -0.1) is 0 Å². The van der Waals surface area contributed by atoms with Crippen LogP contribution in [0, 0.1) is 23.3 Å². The molecule has 2 aliphatic heterocycles. The molecule has 0 aromatic heterocycles. The minimum absolute atomic E-state index is 0.0319. The zero-order valence-corrected chi connectivity index (χ0v) is 23.6. The molecule has 2 atom stereocenters. The number of likely N-dealkylation sites (tertiary alicyclic amines) is 1. The Labute approximate surface area is 247 Å². The number of alkyl halides is 1. The van der Waals surface area contributed by atoms with Crippen molar-refractivity contribution in [3.05, 3.63) is 124 Å². The van der Waals surface area contributed by atoms with Gasteiger partial charge in [0.2, 0.25) is 0 Å². The summed E-state index contributed by atoms with van der Waals surface area (Å²) in [6.45, 7) is 3.30. The Morgan fingerprint density at radius 2 is 1.63 bits per heavy atom. The van der Waals surface area contributed by atoms with Gasteiger partial charge in [0.25, 0.3) is 0 Å². The Morgan fingerprint density at radius 1 is 0.884 bits per heavy atom. The molecule has 4 aromatic carbocycles. The SMILES string of the molecule is C[C@@H]1Cc2ccccc2[C@@](c2cccc(O)c2)(c2c(F)cc(NC3CN(CCCF)C3)cc2F)N1c1ccc(F)cc1F. The fraction of sp³-hybridized carbons (Fsp3) is 0.294. The van der Waals surface area contributed by atoms with Gasteiger partial charge in [0.1, 0.15) is 34.6 Å². The normalized spacial score (nSPS) is 20.5. The first kappa shape index (κ1) is 29.0. The van der Waals surface area contributed by atoms with E-state index >= 15 is 13.2 Å². The highest BCUT2D eigenvalue weighted by Crippen LogP contribution is 2.52. The fourth-order valence-electron chi connectivity index (χ4n) is 6.81. The maximum absolute atomic E-state index is 16.6. The Morgan fingerprint density at radius 3 is 2.33 bits per heavy atom. The van der Waals surface area contributed by atoms with Gasteiger partial charge in [-0.3, -0.25) is 9.29 Å². The molecule has 1 fully saturated rings. The Balaban J connectivity index is 1.56. The molecule has 1 saturated heterocycles. The first-order chi connectivity index (χ1) is 20.7. The molecule has 4 nitrogen and oxygen atoms in total. The molecule has 0 unspecified atom stereocenters. The molecule has 0 amide bonds. The summed E-state index contributed by atoms with van der Waals surface area (Å²) in [4.78, 5) is 3.66. The van der Waals surface area contributed by atoms with Crippen LogP contribution in [0.3, 0.4) is 0 Å². The molecule has 0 radical (unpaired) electrons. The van der Waals surface area contributed by atoms with E-state index in [4.69, 9.17) is 0 Å². The van der Waals surface area contributed by atoms with Crippen LogP contribution >= 0.6 is 0 Å². The van der Waals surface area contributed by atoms with Gasteiger partial charge in [-0.05, 0) is 72.9 Å². The fourth-order valence-corrected chi connectivity index (χ4v) is 6.81. The molecular formula is C34H32F5N3O. The zero-order valence-electron chi connectivity index (χ0n) is 23.6. The smallest absolute Gasteiger partial charge is 0.149 e. The number of anilines is 2. The third kappa shape index (κ3) is 5.09. The van der Waals surface area contributed by atoms with Gasteiger partial charge >= 0.3 is 0 Å². The molecule has 0 bridgehead atoms. The van der Waals surface area contributed by atoms with E-state index in [1.165, 1.54) is 30.3 Å². The number of halogens is 5. The molecule has 2 heterocycles. The topological polar surface area (TPSA) is 38.7 Å². The highest BCUT2D eigenvalue weighted by Gasteiger charge is 2.52. The number of fused-ring (bicyclic) bond motifs is 1. The van der Waals surface area contributed by atoms with Gasteiger partial charge in [0.05, 0.1) is 24.0 Å². The maximum atomic E-state index is 16.6. The van der Waals surface area contributed by atoms with Crippen LogP contribution in [0.1, 0.15) is 35.6 Å². The highest BCUT2D eigenvalue weighted by atomic mass is 19.1. The molecule has 224 valence electrons. The van der Waals surface area contributed by atoms with E-state index in [2.05, 4.69) is 10.2 Å². The number of phenolic OH excluding ortho intramolecular Hbond substituents is 1. The number of nitrogens with one attached hydrogen (secondary N) is 1. The standard InChI is InChI=1S/C34H32F5N3O/c1-21-14-22-6-2-3-9-28(22)34(23-7-4-8-27(43)15-23,42(21)32-11-10-24(36)16-29(32)37)33-30(38)17-25(18-31(33)39)40-26-19-41(20-26)13-5-12-35/h2-4,6-11,15-18,21,26,40,43H,5,12-14,19-20H2,1H3/t21-,34+/m1/s1. The predicted octanol–water partition coefficient (Wildman–Crippen LogP) is 7.15. The third-order valence-electron chi connectivity index (χ3n) is 8.50. The van der Waals surface area contributed by atoms with Gasteiger partial charge in [0.15, 0.2) is 0 Å². The van der Waals surface area contributed by atoms with Gasteiger partial charge in [-0.2, -0.15) is 0 Å². The van der Waals surface area contributed by atoms with Gasteiger partial charge in [0, 0.05) is 37.4 Å². The summed E-state index contributed by atoms with van der Waals surface area (Å²) in [5.74, 6) is -3.52. The van der Waals surface area contributed by atoms with Crippen LogP contribution in [0.15, 0.2) is 78.9 Å². The van der Waals surface area contributed by atoms with Crippen molar-refractivity contribution in [2.75, 3.05) is 36.5 Å². The molecule has 43 heavy (non-hydrogen) atoms. The average Bonchev–Trinajstić information content (AvgIpc) is 2.94. The molecule has 2 N–H and O–H groups in total. The van der Waals surface area contributed by atoms with E-state index in [9.17, 15) is 13.9 Å². The van der Waals surface area contributed by atoms with Crippen molar-refractivity contribution in [2.45, 2.75) is 37.4 Å². The number of hydrogen-bond donors (Lipinski definition) is 2. The Kier molecular flexibility index (Phi) is 7.77. The Hall–Kier alpha value is -4.11. The summed E-state index contributed by atoms with van der Waals surface area (Å²) in [6, 6.07) is 18.4. The van der Waals surface area contributed by atoms with E-state index in [1.54, 1.807) is 29.2 Å². The van der Waals surface area contributed by atoms with Crippen LogP contribution in [0.5, 0.6) is 5.75 Å². The zero-order chi connectivity index (χ0) is 30.3. The molecule has 6 rings (SSSR count). The van der Waals surface area contributed by atoms with Gasteiger partial charge in [-0.25, -0.2) is 17.6 Å². The quantitative estimate of drug-likeness (QED) is 0.213. The minimum Gasteiger partial charge on any atom is -0.508 e. The van der Waals surface area contributed by atoms with Crippen LogP contribution in [0.4, 0.5) is 33.3 Å². The largest absolute Gasteiger partial charge is 0.508 e. The van der Waals surface area contributed by atoms with Gasteiger partial charge < -0.3 is 15.3 Å². The maximum Gasteiger partial charge on any atom is 0.149 e. The average molecular weight is 594 g/mol. The molecule has 0 aliphatic carbocycles. The number of nitrogens with zero attached hydrogens (tertiary/aromatic N) is 2. The van der Waals surface area contributed by atoms with Crippen molar-refractivity contribution in [3.63, 3.8) is 0 Å². The monoisotopic (exact) mass is 593 g/mol. The van der Waals surface area contributed by atoms with Gasteiger partial charge in [-0.1, -0.05) is 36.4 Å². The van der Waals surface area contributed by atoms with Crippen molar-refractivity contribution in [3.8, 4) is 5.75 Å². The molecule has 9 heteroatoms. The van der Waals surface area contributed by atoms with E-state index < -0.39 is 41.5 Å². The van der Waals surface area contributed by atoms with Crippen molar-refractivity contribution in [2.24, 2.45) is 0 Å². The predicted molar refractivity (Wildman–Crippen MR) is 157 cm³/mol. The lowest BCUT2D eigenvalue weighted by atomic mass is 9.69. The minimum atomic E-state index is -1.78. The number of hydrogen-bond acceptors (Lipinski definition) is 4. The number of rotatable bonds is 8. The number of aromatic hydroxyl groups is 1. The first-order valence-corrected chi connectivity index (χ1v) is 14.4. The molecule has 4 aromatic rings. The summed E-state index contributed by atoms with van der Waals surface area (Å²) >= 11 is 0. The lowest BCUT2D eigenvalue weighted by Crippen LogP contribution is -2.57. The van der Waals surface area contributed by atoms with Crippen LogP contribution in [-0.4, -0.2) is 48.4 Å². The highest BCUT2D eigenvalue weighted by molar-refractivity contribution is 5.69. The second kappa shape index (κ2) is 11.5. The third-order valence-corrected chi connectivity index (χ3v) is 8.50. The summed E-state index contributed by atoms with van der Waals surface area (Å²) in [6.07, 6.45) is 0.865.